The van der Waals surface area contributed by atoms with E-state index in [2.05, 4.69) is 10.0 Å². The van der Waals surface area contributed by atoms with Crippen LogP contribution in [0.1, 0.15) is 13.3 Å². The van der Waals surface area contributed by atoms with E-state index in [1.54, 1.807) is 54.6 Å². The predicted molar refractivity (Wildman–Crippen MR) is 113 cm³/mol. The number of hydrogen-bond acceptors (Lipinski definition) is 4. The van der Waals surface area contributed by atoms with Gasteiger partial charge >= 0.3 is 0 Å². The normalized spacial score (nSPS) is 12.0. The van der Waals surface area contributed by atoms with E-state index in [9.17, 15) is 13.2 Å². The van der Waals surface area contributed by atoms with Crippen LogP contribution in [0.25, 0.3) is 0 Å². The minimum atomic E-state index is -3.71. The quantitative estimate of drug-likeness (QED) is 0.580. The van der Waals surface area contributed by atoms with Crippen LogP contribution >= 0.6 is 0 Å². The second-order valence-corrected chi connectivity index (χ2v) is 8.00. The Morgan fingerprint density at radius 1 is 0.862 bits per heavy atom. The average molecular weight is 410 g/mol. The summed E-state index contributed by atoms with van der Waals surface area (Å²) in [5, 5.41) is 2.76. The summed E-state index contributed by atoms with van der Waals surface area (Å²) >= 11 is 0. The predicted octanol–water partition coefficient (Wildman–Crippen LogP) is 4.28. The van der Waals surface area contributed by atoms with Crippen molar-refractivity contribution in [2.24, 2.45) is 0 Å². The Labute approximate surface area is 170 Å². The summed E-state index contributed by atoms with van der Waals surface area (Å²) in [4.78, 5) is 12.6. The van der Waals surface area contributed by atoms with Crippen LogP contribution in [0.15, 0.2) is 89.8 Å². The summed E-state index contributed by atoms with van der Waals surface area (Å²) in [6.07, 6.45) is -0.158. The summed E-state index contributed by atoms with van der Waals surface area (Å²) in [7, 11) is -3.71. The fraction of sp³-hybridized carbons (Fsp3) is 0.136. The molecule has 1 amide bonds. The first-order valence-corrected chi connectivity index (χ1v) is 10.7. The molecule has 0 heterocycles. The van der Waals surface area contributed by atoms with Crippen molar-refractivity contribution in [2.45, 2.75) is 24.3 Å². The van der Waals surface area contributed by atoms with E-state index in [1.807, 2.05) is 25.1 Å². The van der Waals surface area contributed by atoms with Crippen LogP contribution in [-0.2, 0) is 14.8 Å². The molecule has 0 aliphatic heterocycles. The highest BCUT2D eigenvalue weighted by Crippen LogP contribution is 2.19. The van der Waals surface area contributed by atoms with Gasteiger partial charge in [-0.2, -0.15) is 0 Å². The molecule has 7 heteroatoms. The zero-order valence-electron chi connectivity index (χ0n) is 15.9. The van der Waals surface area contributed by atoms with Crippen LogP contribution in [0, 0.1) is 0 Å². The second-order valence-electron chi connectivity index (χ2n) is 6.31. The molecule has 6 nitrogen and oxygen atoms in total. The molecule has 0 spiro atoms. The number of carbonyl (C=O) groups is 1. The Morgan fingerprint density at radius 3 is 2.03 bits per heavy atom. The molecule has 0 unspecified atom stereocenters. The summed E-state index contributed by atoms with van der Waals surface area (Å²) < 4.78 is 33.2. The summed E-state index contributed by atoms with van der Waals surface area (Å²) in [6.45, 7) is 1.86. The number of nitrogens with one attached hydrogen (secondary N) is 2. The lowest BCUT2D eigenvalue weighted by Crippen LogP contribution is -2.32. The highest BCUT2D eigenvalue weighted by Gasteiger charge is 2.19. The van der Waals surface area contributed by atoms with Crippen molar-refractivity contribution < 1.29 is 17.9 Å². The first kappa shape index (κ1) is 20.4. The third-order valence-electron chi connectivity index (χ3n) is 4.14. The average Bonchev–Trinajstić information content (AvgIpc) is 2.73. The maximum atomic E-state index is 12.5. The van der Waals surface area contributed by atoms with Crippen molar-refractivity contribution in [3.63, 3.8) is 0 Å². The van der Waals surface area contributed by atoms with Gasteiger partial charge in [0.1, 0.15) is 5.75 Å². The minimum absolute atomic E-state index is 0.104. The van der Waals surface area contributed by atoms with Gasteiger partial charge in [-0.25, -0.2) is 8.42 Å². The van der Waals surface area contributed by atoms with Crippen molar-refractivity contribution in [3.8, 4) is 5.75 Å². The van der Waals surface area contributed by atoms with Gasteiger partial charge < -0.3 is 10.1 Å². The Morgan fingerprint density at radius 2 is 1.45 bits per heavy atom. The molecule has 0 aliphatic rings. The highest BCUT2D eigenvalue weighted by molar-refractivity contribution is 7.92. The maximum Gasteiger partial charge on any atom is 0.265 e. The van der Waals surface area contributed by atoms with Gasteiger partial charge in [0.2, 0.25) is 0 Å². The van der Waals surface area contributed by atoms with Crippen molar-refractivity contribution in [2.75, 3.05) is 10.0 Å². The summed E-state index contributed by atoms with van der Waals surface area (Å²) in [5.41, 5.74) is 0.970. The van der Waals surface area contributed by atoms with Crippen molar-refractivity contribution in [1.29, 1.82) is 0 Å². The molecule has 0 aliphatic carbocycles. The first-order chi connectivity index (χ1) is 14.0. The molecule has 3 rings (SSSR count). The van der Waals surface area contributed by atoms with Gasteiger partial charge in [0.15, 0.2) is 6.10 Å². The van der Waals surface area contributed by atoms with Crippen LogP contribution in [0.2, 0.25) is 0 Å². The number of rotatable bonds is 8. The molecule has 3 aromatic rings. The van der Waals surface area contributed by atoms with Gasteiger partial charge in [0, 0.05) is 11.4 Å². The number of benzene rings is 3. The Hall–Kier alpha value is -3.32. The van der Waals surface area contributed by atoms with Gasteiger partial charge in [-0.3, -0.25) is 9.52 Å². The number of hydrogen-bond donors (Lipinski definition) is 2. The van der Waals surface area contributed by atoms with E-state index < -0.39 is 16.1 Å². The van der Waals surface area contributed by atoms with Crippen LogP contribution in [0.5, 0.6) is 5.75 Å². The fourth-order valence-corrected chi connectivity index (χ4v) is 3.70. The molecule has 0 radical (unpaired) electrons. The van der Waals surface area contributed by atoms with Crippen molar-refractivity contribution in [1.82, 2.24) is 0 Å². The van der Waals surface area contributed by atoms with E-state index in [0.717, 1.165) is 0 Å². The second kappa shape index (κ2) is 9.25. The molecule has 0 aromatic heterocycles. The molecule has 0 bridgehead atoms. The Balaban J connectivity index is 1.65. The van der Waals surface area contributed by atoms with E-state index in [4.69, 9.17) is 4.74 Å². The van der Waals surface area contributed by atoms with E-state index in [1.165, 1.54) is 12.1 Å². The lowest BCUT2D eigenvalue weighted by molar-refractivity contribution is -0.122. The third-order valence-corrected chi connectivity index (χ3v) is 5.54. The van der Waals surface area contributed by atoms with Crippen LogP contribution in [0.3, 0.4) is 0 Å². The molecule has 0 saturated carbocycles. The molecule has 0 saturated heterocycles. The largest absolute Gasteiger partial charge is 0.481 e. The molecule has 29 heavy (non-hydrogen) atoms. The number of anilines is 2. The summed E-state index contributed by atoms with van der Waals surface area (Å²) in [6, 6.07) is 23.7. The van der Waals surface area contributed by atoms with Crippen LogP contribution in [-0.4, -0.2) is 20.4 Å². The molecule has 2 N–H and O–H groups in total. The standard InChI is InChI=1S/C22H22N2O4S/c1-2-21(28-19-11-7-4-8-12-19)22(25)23-17-13-15-20(16-14-17)29(26,27)24-18-9-5-3-6-10-18/h3-16,21,24H,2H2,1H3,(H,23,25)/t21-/m0/s1. The molecular weight excluding hydrogens is 388 g/mol. The maximum absolute atomic E-state index is 12.5. The molecule has 0 fully saturated rings. The molecular formula is C22H22N2O4S. The zero-order chi connectivity index (χ0) is 20.7. The number of sulfonamides is 1. The highest BCUT2D eigenvalue weighted by atomic mass is 32.2. The fourth-order valence-electron chi connectivity index (χ4n) is 2.65. The van der Waals surface area contributed by atoms with Crippen LogP contribution in [0.4, 0.5) is 11.4 Å². The number of amides is 1. The van der Waals surface area contributed by atoms with Crippen molar-refractivity contribution >= 4 is 27.3 Å². The molecule has 150 valence electrons. The van der Waals surface area contributed by atoms with Gasteiger partial charge in [0.25, 0.3) is 15.9 Å². The van der Waals surface area contributed by atoms with E-state index >= 15 is 0 Å². The third kappa shape index (κ3) is 5.58. The summed E-state index contributed by atoms with van der Waals surface area (Å²) in [5.74, 6) is 0.317. The number of ether oxygens (including phenoxy) is 1. The number of para-hydroxylation sites is 2. The lowest BCUT2D eigenvalue weighted by atomic mass is 10.2. The smallest absolute Gasteiger partial charge is 0.265 e. The van der Waals surface area contributed by atoms with E-state index in [0.29, 0.717) is 23.5 Å². The molecule has 3 aromatic carbocycles. The van der Waals surface area contributed by atoms with Crippen LogP contribution < -0.4 is 14.8 Å². The molecule has 1 atom stereocenters. The topological polar surface area (TPSA) is 84.5 Å². The van der Waals surface area contributed by atoms with Crippen molar-refractivity contribution in [3.05, 3.63) is 84.9 Å². The minimum Gasteiger partial charge on any atom is -0.481 e. The number of carbonyl (C=O) groups excluding carboxylic acids is 1. The van der Waals surface area contributed by atoms with Gasteiger partial charge in [-0.05, 0) is 55.0 Å². The van der Waals surface area contributed by atoms with Gasteiger partial charge in [-0.15, -0.1) is 0 Å². The lowest BCUT2D eigenvalue weighted by Gasteiger charge is -2.17. The Bertz CT molecular complexity index is 1040. The first-order valence-electron chi connectivity index (χ1n) is 9.18. The van der Waals surface area contributed by atoms with E-state index in [-0.39, 0.29) is 10.8 Å². The Kier molecular flexibility index (Phi) is 6.51. The monoisotopic (exact) mass is 410 g/mol. The SMILES string of the molecule is CC[C@H](Oc1ccccc1)C(=O)Nc1ccc(S(=O)(=O)Nc2ccccc2)cc1. The zero-order valence-corrected chi connectivity index (χ0v) is 16.7. The van der Waals surface area contributed by atoms with Gasteiger partial charge in [0.05, 0.1) is 4.90 Å². The van der Waals surface area contributed by atoms with Gasteiger partial charge in [-0.1, -0.05) is 43.3 Å².